The first-order chi connectivity index (χ1) is 17.3. The van der Waals surface area contributed by atoms with Crippen molar-refractivity contribution in [1.82, 2.24) is 14.0 Å². The Labute approximate surface area is 206 Å². The van der Waals surface area contributed by atoms with E-state index in [1.165, 1.54) is 21.3 Å². The summed E-state index contributed by atoms with van der Waals surface area (Å²) in [5, 5.41) is 1.45. The fourth-order valence-corrected chi connectivity index (χ4v) is 4.70. The quantitative estimate of drug-likeness (QED) is 0.308. The van der Waals surface area contributed by atoms with Gasteiger partial charge >= 0.3 is 11.9 Å². The summed E-state index contributed by atoms with van der Waals surface area (Å²) in [6.45, 7) is -0.0912. The number of esters is 2. The molecule has 0 spiro atoms. The number of aromatic nitrogens is 2. The number of benzene rings is 2. The molecule has 0 aliphatic carbocycles. The second-order valence-corrected chi connectivity index (χ2v) is 8.45. The zero-order chi connectivity index (χ0) is 25.6. The number of ether oxygens (including phenoxy) is 2. The summed E-state index contributed by atoms with van der Waals surface area (Å²) in [6.07, 6.45) is 3.41. The lowest BCUT2D eigenvalue weighted by atomic mass is 9.95. The van der Waals surface area contributed by atoms with E-state index in [1.807, 2.05) is 48.5 Å². The molecule has 2 aromatic carbocycles. The molecule has 36 heavy (non-hydrogen) atoms. The number of hydrogen-bond donors (Lipinski definition) is 0. The average Bonchev–Trinajstić information content (AvgIpc) is 3.50. The molecule has 0 atom stereocenters. The number of carbonyl (C=O) groups excluding carboxylic acids is 4. The number of amides is 2. The van der Waals surface area contributed by atoms with Gasteiger partial charge in [0.2, 0.25) is 0 Å². The topological polar surface area (TPSA) is 99.8 Å². The molecule has 0 N–H and O–H groups in total. The summed E-state index contributed by atoms with van der Waals surface area (Å²) in [5.74, 6) is -1.76. The van der Waals surface area contributed by atoms with Gasteiger partial charge in [-0.2, -0.15) is 0 Å². The highest BCUT2D eigenvalue weighted by molar-refractivity contribution is 6.50. The number of carbonyl (C=O) groups is 4. The Kier molecular flexibility index (Phi) is 5.68. The van der Waals surface area contributed by atoms with E-state index < -0.39 is 23.8 Å². The smallest absolute Gasteiger partial charge is 0.325 e. The minimum absolute atomic E-state index is 0.0456. The van der Waals surface area contributed by atoms with E-state index in [0.29, 0.717) is 11.1 Å². The fraction of sp³-hybridized carbons (Fsp3) is 0.185. The van der Waals surface area contributed by atoms with Gasteiger partial charge < -0.3 is 18.6 Å². The Morgan fingerprint density at radius 1 is 0.694 bits per heavy atom. The van der Waals surface area contributed by atoms with Crippen molar-refractivity contribution in [2.75, 3.05) is 21.3 Å². The maximum absolute atomic E-state index is 13.5. The molecule has 0 radical (unpaired) electrons. The van der Waals surface area contributed by atoms with Crippen molar-refractivity contribution in [2.45, 2.75) is 13.1 Å². The van der Waals surface area contributed by atoms with Crippen LogP contribution in [0, 0.1) is 0 Å². The lowest BCUT2D eigenvalue weighted by Gasteiger charge is -2.06. The number of hydrogen-bond acceptors (Lipinski definition) is 6. The SMILES string of the molecule is COC(=O)Cn1cc(C2=C(c3cn(CC(=O)OC)c4ccccc34)C(=O)N(C)C2=O)c2ccccc21. The summed E-state index contributed by atoms with van der Waals surface area (Å²) in [7, 11) is 4.07. The highest BCUT2D eigenvalue weighted by atomic mass is 16.5. The van der Waals surface area contributed by atoms with Gasteiger partial charge in [0.25, 0.3) is 11.8 Å². The van der Waals surface area contributed by atoms with Gasteiger partial charge in [-0.3, -0.25) is 24.1 Å². The third-order valence-corrected chi connectivity index (χ3v) is 6.46. The highest BCUT2D eigenvalue weighted by Gasteiger charge is 2.39. The van der Waals surface area contributed by atoms with Gasteiger partial charge in [0.1, 0.15) is 13.1 Å². The van der Waals surface area contributed by atoms with Gasteiger partial charge in [-0.25, -0.2) is 0 Å². The van der Waals surface area contributed by atoms with Gasteiger partial charge in [0, 0.05) is 52.4 Å². The van der Waals surface area contributed by atoms with E-state index in [4.69, 9.17) is 9.47 Å². The standard InChI is InChI=1S/C27H23N3O6/c1-28-26(33)24(18-12-29(14-22(31)35-2)20-10-6-4-8-16(18)20)25(27(28)34)19-13-30(15-23(32)36-3)21-11-7-5-9-17(19)21/h4-13H,14-15H2,1-3H3. The van der Waals surface area contributed by atoms with Crippen molar-refractivity contribution in [1.29, 1.82) is 0 Å². The largest absolute Gasteiger partial charge is 0.468 e. The molecule has 9 nitrogen and oxygen atoms in total. The molecule has 0 saturated carbocycles. The Hall–Kier alpha value is -4.66. The van der Waals surface area contributed by atoms with Crippen LogP contribution in [-0.2, 0) is 41.7 Å². The molecule has 1 aliphatic rings. The Balaban J connectivity index is 1.79. The number of methoxy groups -OCH3 is 2. The predicted molar refractivity (Wildman–Crippen MR) is 132 cm³/mol. The molecule has 9 heteroatoms. The summed E-state index contributed by atoms with van der Waals surface area (Å²) >= 11 is 0. The van der Waals surface area contributed by atoms with E-state index in [2.05, 4.69) is 0 Å². The van der Waals surface area contributed by atoms with Crippen molar-refractivity contribution in [3.05, 3.63) is 72.1 Å². The normalized spacial score (nSPS) is 13.8. The number of nitrogens with zero attached hydrogens (tertiary/aromatic N) is 3. The van der Waals surface area contributed by atoms with Gasteiger partial charge in [-0.1, -0.05) is 36.4 Å². The van der Waals surface area contributed by atoms with Crippen molar-refractivity contribution in [3.8, 4) is 0 Å². The second kappa shape index (κ2) is 8.84. The van der Waals surface area contributed by atoms with Gasteiger partial charge in [-0.15, -0.1) is 0 Å². The molecular weight excluding hydrogens is 462 g/mol. The van der Waals surface area contributed by atoms with Crippen molar-refractivity contribution < 1.29 is 28.7 Å². The van der Waals surface area contributed by atoms with Crippen LogP contribution in [0.25, 0.3) is 33.0 Å². The molecule has 1 aliphatic heterocycles. The molecular formula is C27H23N3O6. The van der Waals surface area contributed by atoms with Crippen LogP contribution in [0.3, 0.4) is 0 Å². The minimum Gasteiger partial charge on any atom is -0.468 e. The molecule has 0 fully saturated rings. The Bertz CT molecular complexity index is 1490. The van der Waals surface area contributed by atoms with Crippen molar-refractivity contribution in [3.63, 3.8) is 0 Å². The van der Waals surface area contributed by atoms with Crippen LogP contribution in [0.5, 0.6) is 0 Å². The van der Waals surface area contributed by atoms with Crippen LogP contribution in [0.2, 0.25) is 0 Å². The predicted octanol–water partition coefficient (Wildman–Crippen LogP) is 2.85. The summed E-state index contributed by atoms with van der Waals surface area (Å²) in [6, 6.07) is 14.7. The van der Waals surface area contributed by atoms with E-state index in [-0.39, 0.29) is 24.2 Å². The van der Waals surface area contributed by atoms with Gasteiger partial charge in [0.15, 0.2) is 0 Å². The van der Waals surface area contributed by atoms with E-state index in [9.17, 15) is 19.2 Å². The zero-order valence-electron chi connectivity index (χ0n) is 20.0. The molecule has 4 aromatic rings. The zero-order valence-corrected chi connectivity index (χ0v) is 20.0. The molecule has 5 rings (SSSR count). The monoisotopic (exact) mass is 485 g/mol. The molecule has 2 amide bonds. The first-order valence-electron chi connectivity index (χ1n) is 11.2. The van der Waals surface area contributed by atoms with Crippen LogP contribution in [0.1, 0.15) is 11.1 Å². The second-order valence-electron chi connectivity index (χ2n) is 8.45. The van der Waals surface area contributed by atoms with Gasteiger partial charge in [-0.05, 0) is 12.1 Å². The molecule has 3 heterocycles. The number of fused-ring (bicyclic) bond motifs is 2. The van der Waals surface area contributed by atoms with Crippen molar-refractivity contribution in [2.24, 2.45) is 0 Å². The average molecular weight is 485 g/mol. The van der Waals surface area contributed by atoms with Crippen LogP contribution in [0.15, 0.2) is 60.9 Å². The molecule has 0 saturated heterocycles. The van der Waals surface area contributed by atoms with Crippen LogP contribution < -0.4 is 0 Å². The Morgan fingerprint density at radius 2 is 1.08 bits per heavy atom. The van der Waals surface area contributed by atoms with Crippen LogP contribution in [0.4, 0.5) is 0 Å². The maximum Gasteiger partial charge on any atom is 0.325 e. The fourth-order valence-electron chi connectivity index (χ4n) is 4.70. The lowest BCUT2D eigenvalue weighted by Crippen LogP contribution is -2.26. The molecule has 2 aromatic heterocycles. The summed E-state index contributed by atoms with van der Waals surface area (Å²) < 4.78 is 13.1. The van der Waals surface area contributed by atoms with Gasteiger partial charge in [0.05, 0.1) is 25.4 Å². The number of para-hydroxylation sites is 2. The number of imide groups is 1. The van der Waals surface area contributed by atoms with Crippen LogP contribution in [-0.4, -0.2) is 59.1 Å². The molecule has 0 unspecified atom stereocenters. The lowest BCUT2D eigenvalue weighted by molar-refractivity contribution is -0.142. The Morgan fingerprint density at radius 3 is 1.47 bits per heavy atom. The summed E-state index contributed by atoms with van der Waals surface area (Å²) in [4.78, 5) is 52.1. The highest BCUT2D eigenvalue weighted by Crippen LogP contribution is 2.41. The van der Waals surface area contributed by atoms with E-state index in [1.54, 1.807) is 21.5 Å². The third-order valence-electron chi connectivity index (χ3n) is 6.46. The van der Waals surface area contributed by atoms with E-state index >= 15 is 0 Å². The molecule has 0 bridgehead atoms. The van der Waals surface area contributed by atoms with E-state index in [0.717, 1.165) is 26.7 Å². The first kappa shape index (κ1) is 23.1. The number of rotatable bonds is 6. The third kappa shape index (κ3) is 3.56. The minimum atomic E-state index is -0.444. The maximum atomic E-state index is 13.5. The summed E-state index contributed by atoms with van der Waals surface area (Å²) in [5.41, 5.74) is 3.01. The first-order valence-corrected chi connectivity index (χ1v) is 11.2. The van der Waals surface area contributed by atoms with Crippen molar-refractivity contribution >= 4 is 56.7 Å². The number of likely N-dealkylation sites (N-methyl/N-ethyl adjacent to an activating group) is 1. The molecule has 182 valence electrons. The van der Waals surface area contributed by atoms with Crippen LogP contribution >= 0.6 is 0 Å².